The standard InChI is InChI=1S/C12H15BrO4/c1-6(2)9-10(12(14)15)7(13)5-8(16-3)11(9)17-4/h5-6H,1-4H3,(H,14,15). The highest BCUT2D eigenvalue weighted by atomic mass is 79.9. The molecule has 0 bridgehead atoms. The molecule has 0 saturated heterocycles. The molecular formula is C12H15BrO4. The third-order valence-electron chi connectivity index (χ3n) is 2.45. The van der Waals surface area contributed by atoms with Crippen LogP contribution < -0.4 is 9.47 Å². The van der Waals surface area contributed by atoms with Crippen molar-refractivity contribution in [1.82, 2.24) is 0 Å². The SMILES string of the molecule is COc1cc(Br)c(C(=O)O)c(C(C)C)c1OC. The van der Waals surface area contributed by atoms with E-state index in [0.29, 0.717) is 21.5 Å². The number of carboxylic acids is 1. The molecule has 0 aliphatic rings. The van der Waals surface area contributed by atoms with Gasteiger partial charge in [0, 0.05) is 10.0 Å². The summed E-state index contributed by atoms with van der Waals surface area (Å²) in [5.74, 6) is 0.0279. The van der Waals surface area contributed by atoms with Crippen LogP contribution in [-0.4, -0.2) is 25.3 Å². The van der Waals surface area contributed by atoms with Crippen LogP contribution in [0.1, 0.15) is 35.7 Å². The Hall–Kier alpha value is -1.23. The summed E-state index contributed by atoms with van der Waals surface area (Å²) in [6, 6.07) is 1.61. The molecule has 0 spiro atoms. The van der Waals surface area contributed by atoms with Crippen LogP contribution >= 0.6 is 15.9 Å². The van der Waals surface area contributed by atoms with Gasteiger partial charge in [-0.25, -0.2) is 4.79 Å². The van der Waals surface area contributed by atoms with Gasteiger partial charge >= 0.3 is 5.97 Å². The van der Waals surface area contributed by atoms with Crippen LogP contribution in [0, 0.1) is 0 Å². The molecule has 4 nitrogen and oxygen atoms in total. The van der Waals surface area contributed by atoms with Gasteiger partial charge in [0.2, 0.25) is 0 Å². The molecule has 0 aromatic heterocycles. The first-order valence-electron chi connectivity index (χ1n) is 5.11. The number of ether oxygens (including phenoxy) is 2. The molecule has 1 N–H and O–H groups in total. The van der Waals surface area contributed by atoms with Crippen LogP contribution in [0.25, 0.3) is 0 Å². The van der Waals surface area contributed by atoms with Gasteiger partial charge in [0.25, 0.3) is 0 Å². The maximum absolute atomic E-state index is 11.3. The lowest BCUT2D eigenvalue weighted by Gasteiger charge is -2.18. The lowest BCUT2D eigenvalue weighted by Crippen LogP contribution is -2.08. The van der Waals surface area contributed by atoms with Gasteiger partial charge in [0.05, 0.1) is 19.8 Å². The molecule has 0 saturated carbocycles. The molecule has 0 amide bonds. The molecule has 0 atom stereocenters. The van der Waals surface area contributed by atoms with Crippen molar-refractivity contribution in [2.24, 2.45) is 0 Å². The second-order valence-electron chi connectivity index (χ2n) is 3.84. The quantitative estimate of drug-likeness (QED) is 0.927. The smallest absolute Gasteiger partial charge is 0.337 e. The molecule has 0 aliphatic carbocycles. The number of halogens is 1. The van der Waals surface area contributed by atoms with E-state index in [2.05, 4.69) is 15.9 Å². The minimum absolute atomic E-state index is 0.0162. The summed E-state index contributed by atoms with van der Waals surface area (Å²) < 4.78 is 11.0. The van der Waals surface area contributed by atoms with Crippen molar-refractivity contribution in [2.75, 3.05) is 14.2 Å². The van der Waals surface area contributed by atoms with Crippen molar-refractivity contribution < 1.29 is 19.4 Å². The number of hydrogen-bond acceptors (Lipinski definition) is 3. The lowest BCUT2D eigenvalue weighted by atomic mass is 9.95. The average molecular weight is 303 g/mol. The number of rotatable bonds is 4. The number of aromatic carboxylic acids is 1. The molecular weight excluding hydrogens is 288 g/mol. The summed E-state index contributed by atoms with van der Waals surface area (Å²) in [4.78, 5) is 11.3. The molecule has 17 heavy (non-hydrogen) atoms. The fourth-order valence-corrected chi connectivity index (χ4v) is 2.35. The van der Waals surface area contributed by atoms with Crippen molar-refractivity contribution in [1.29, 1.82) is 0 Å². The third kappa shape index (κ3) is 2.54. The molecule has 0 aliphatic heterocycles. The molecule has 1 rings (SSSR count). The van der Waals surface area contributed by atoms with Gasteiger partial charge in [-0.2, -0.15) is 0 Å². The molecule has 0 heterocycles. The Morgan fingerprint density at radius 2 is 1.94 bits per heavy atom. The maximum Gasteiger partial charge on any atom is 0.337 e. The van der Waals surface area contributed by atoms with Crippen molar-refractivity contribution in [3.63, 3.8) is 0 Å². The number of carboxylic acid groups (broad SMARTS) is 1. The van der Waals surface area contributed by atoms with Crippen molar-refractivity contribution in [3.05, 3.63) is 21.7 Å². The normalized spacial score (nSPS) is 10.5. The highest BCUT2D eigenvalue weighted by Gasteiger charge is 2.24. The Kier molecular flexibility index (Phi) is 4.40. The molecule has 0 fully saturated rings. The van der Waals surface area contributed by atoms with Crippen molar-refractivity contribution >= 4 is 21.9 Å². The van der Waals surface area contributed by atoms with Crippen LogP contribution in [0.2, 0.25) is 0 Å². The van der Waals surface area contributed by atoms with E-state index in [9.17, 15) is 9.90 Å². The fourth-order valence-electron chi connectivity index (χ4n) is 1.76. The summed E-state index contributed by atoms with van der Waals surface area (Å²) in [6.07, 6.45) is 0. The van der Waals surface area contributed by atoms with E-state index >= 15 is 0 Å². The van der Waals surface area contributed by atoms with E-state index in [1.54, 1.807) is 6.07 Å². The average Bonchev–Trinajstić information content (AvgIpc) is 2.26. The fraction of sp³-hybridized carbons (Fsp3) is 0.417. The zero-order valence-electron chi connectivity index (χ0n) is 10.2. The van der Waals surface area contributed by atoms with E-state index in [-0.39, 0.29) is 11.5 Å². The first kappa shape index (κ1) is 13.8. The first-order chi connectivity index (χ1) is 7.93. The molecule has 1 aromatic carbocycles. The van der Waals surface area contributed by atoms with Crippen molar-refractivity contribution in [2.45, 2.75) is 19.8 Å². The number of benzene rings is 1. The van der Waals surface area contributed by atoms with E-state index in [1.165, 1.54) is 14.2 Å². The highest BCUT2D eigenvalue weighted by Crippen LogP contribution is 2.41. The molecule has 0 radical (unpaired) electrons. The van der Waals surface area contributed by atoms with Gasteiger partial charge in [-0.3, -0.25) is 0 Å². The van der Waals surface area contributed by atoms with E-state index in [0.717, 1.165) is 0 Å². The Morgan fingerprint density at radius 3 is 2.29 bits per heavy atom. The second kappa shape index (κ2) is 5.40. The van der Waals surface area contributed by atoms with Crippen LogP contribution in [-0.2, 0) is 0 Å². The largest absolute Gasteiger partial charge is 0.493 e. The van der Waals surface area contributed by atoms with Crippen molar-refractivity contribution in [3.8, 4) is 11.5 Å². The topological polar surface area (TPSA) is 55.8 Å². The summed E-state index contributed by atoms with van der Waals surface area (Å²) in [6.45, 7) is 3.83. The van der Waals surface area contributed by atoms with Crippen LogP contribution in [0.4, 0.5) is 0 Å². The lowest BCUT2D eigenvalue weighted by molar-refractivity contribution is 0.0693. The van der Waals surface area contributed by atoms with Crippen LogP contribution in [0.15, 0.2) is 10.5 Å². The van der Waals surface area contributed by atoms with Gasteiger partial charge in [0.15, 0.2) is 11.5 Å². The summed E-state index contributed by atoms with van der Waals surface area (Å²) in [5, 5.41) is 9.25. The van der Waals surface area contributed by atoms with E-state index in [4.69, 9.17) is 9.47 Å². The van der Waals surface area contributed by atoms with Gasteiger partial charge < -0.3 is 14.6 Å². The molecule has 0 unspecified atom stereocenters. The summed E-state index contributed by atoms with van der Waals surface area (Å²) in [5.41, 5.74) is 0.851. The molecule has 5 heteroatoms. The molecule has 1 aromatic rings. The number of methoxy groups -OCH3 is 2. The van der Waals surface area contributed by atoms with Crippen LogP contribution in [0.3, 0.4) is 0 Å². The Labute approximate surface area is 109 Å². The number of carbonyl (C=O) groups is 1. The van der Waals surface area contributed by atoms with Gasteiger partial charge in [-0.15, -0.1) is 0 Å². The minimum Gasteiger partial charge on any atom is -0.493 e. The van der Waals surface area contributed by atoms with E-state index < -0.39 is 5.97 Å². The molecule has 94 valence electrons. The van der Waals surface area contributed by atoms with Gasteiger partial charge in [-0.05, 0) is 27.9 Å². The summed E-state index contributed by atoms with van der Waals surface area (Å²) >= 11 is 3.25. The summed E-state index contributed by atoms with van der Waals surface area (Å²) in [7, 11) is 3.03. The minimum atomic E-state index is -0.985. The van der Waals surface area contributed by atoms with Gasteiger partial charge in [0.1, 0.15) is 0 Å². The Balaban J connectivity index is 3.67. The third-order valence-corrected chi connectivity index (χ3v) is 3.08. The highest BCUT2D eigenvalue weighted by molar-refractivity contribution is 9.10. The second-order valence-corrected chi connectivity index (χ2v) is 4.70. The monoisotopic (exact) mass is 302 g/mol. The van der Waals surface area contributed by atoms with E-state index in [1.807, 2.05) is 13.8 Å². The first-order valence-corrected chi connectivity index (χ1v) is 5.91. The van der Waals surface area contributed by atoms with Crippen LogP contribution in [0.5, 0.6) is 11.5 Å². The number of hydrogen-bond donors (Lipinski definition) is 1. The predicted molar refractivity (Wildman–Crippen MR) is 68.3 cm³/mol. The Bertz CT molecular complexity index is 441. The Morgan fingerprint density at radius 1 is 1.35 bits per heavy atom. The zero-order chi connectivity index (χ0) is 13.2. The predicted octanol–water partition coefficient (Wildman–Crippen LogP) is 3.29. The zero-order valence-corrected chi connectivity index (χ0v) is 11.8. The van der Waals surface area contributed by atoms with Gasteiger partial charge in [-0.1, -0.05) is 13.8 Å². The maximum atomic E-state index is 11.3.